The van der Waals surface area contributed by atoms with Gasteiger partial charge in [-0.2, -0.15) is 8.42 Å². The second-order valence-electron chi connectivity index (χ2n) is 5.27. The third kappa shape index (κ3) is 4.87. The Bertz CT molecular complexity index is 879. The van der Waals surface area contributed by atoms with Gasteiger partial charge in [0.1, 0.15) is 22.1 Å². The summed E-state index contributed by atoms with van der Waals surface area (Å²) in [6.07, 6.45) is -0.0320. The number of halogens is 1. The Kier molecular flexibility index (Phi) is 5.92. The van der Waals surface area contributed by atoms with E-state index in [1.54, 1.807) is 19.9 Å². The average Bonchev–Trinajstić information content (AvgIpc) is 2.53. The summed E-state index contributed by atoms with van der Waals surface area (Å²) in [6.45, 7) is 3.32. The Morgan fingerprint density at radius 3 is 2.44 bits per heavy atom. The molecule has 2 aromatic carbocycles. The molecule has 0 aliphatic heterocycles. The Morgan fingerprint density at radius 1 is 1.12 bits per heavy atom. The number of aryl methyl sites for hydroxylation is 1. The van der Waals surface area contributed by atoms with Crippen LogP contribution in [0, 0.1) is 6.92 Å². The molecule has 2 aromatic rings. The zero-order valence-electron chi connectivity index (χ0n) is 13.9. The molecule has 1 unspecified atom stereocenters. The van der Waals surface area contributed by atoms with E-state index in [4.69, 9.17) is 25.3 Å². The normalized spacial score (nSPS) is 12.3. The molecule has 0 spiro atoms. The molecule has 0 radical (unpaired) electrons. The molecule has 25 heavy (non-hydrogen) atoms. The fourth-order valence-corrected chi connectivity index (χ4v) is 3.44. The lowest BCUT2D eigenvalue weighted by Crippen LogP contribution is -2.14. The van der Waals surface area contributed by atoms with Gasteiger partial charge >= 0.3 is 10.1 Å². The van der Waals surface area contributed by atoms with Crippen molar-refractivity contribution < 1.29 is 26.9 Å². The fourth-order valence-electron chi connectivity index (χ4n) is 2.09. The van der Waals surface area contributed by atoms with E-state index in [-0.39, 0.29) is 21.4 Å². The highest BCUT2D eigenvalue weighted by Crippen LogP contribution is 2.31. The van der Waals surface area contributed by atoms with Crippen LogP contribution in [-0.4, -0.2) is 27.9 Å². The van der Waals surface area contributed by atoms with Crippen molar-refractivity contribution in [2.45, 2.75) is 24.8 Å². The standard InChI is InChI=1S/C17H17ClO6S/c1-11-6-14(23-12(2)10-19)9-15(7-11)24-25(20,21)17-8-13(18)4-5-16(17)22-3/h4-10,12H,1-3H3. The number of hydrogen-bond donors (Lipinski definition) is 0. The summed E-state index contributed by atoms with van der Waals surface area (Å²) in [5.41, 5.74) is 0.707. The van der Waals surface area contributed by atoms with E-state index in [2.05, 4.69) is 0 Å². The smallest absolute Gasteiger partial charge is 0.342 e. The molecule has 0 amide bonds. The van der Waals surface area contributed by atoms with Crippen LogP contribution in [0.15, 0.2) is 41.3 Å². The maximum Gasteiger partial charge on any atom is 0.342 e. The molecule has 0 aromatic heterocycles. The molecule has 0 saturated carbocycles. The van der Waals surface area contributed by atoms with Gasteiger partial charge in [-0.15, -0.1) is 0 Å². The molecule has 134 valence electrons. The molecule has 8 heteroatoms. The summed E-state index contributed by atoms with van der Waals surface area (Å²) in [7, 11) is -2.83. The highest BCUT2D eigenvalue weighted by molar-refractivity contribution is 7.87. The Labute approximate surface area is 151 Å². The number of hydrogen-bond acceptors (Lipinski definition) is 6. The number of benzene rings is 2. The van der Waals surface area contributed by atoms with Gasteiger partial charge in [0.25, 0.3) is 0 Å². The average molecular weight is 385 g/mol. The summed E-state index contributed by atoms with van der Waals surface area (Å²) in [5.74, 6) is 0.487. The van der Waals surface area contributed by atoms with Crippen LogP contribution in [0.25, 0.3) is 0 Å². The van der Waals surface area contributed by atoms with Gasteiger partial charge < -0.3 is 13.7 Å². The van der Waals surface area contributed by atoms with Crippen LogP contribution >= 0.6 is 11.6 Å². The van der Waals surface area contributed by atoms with E-state index >= 15 is 0 Å². The molecule has 0 heterocycles. The second kappa shape index (κ2) is 7.76. The maximum absolute atomic E-state index is 12.6. The largest absolute Gasteiger partial charge is 0.495 e. The van der Waals surface area contributed by atoms with Crippen molar-refractivity contribution in [3.05, 3.63) is 47.0 Å². The van der Waals surface area contributed by atoms with E-state index in [0.29, 0.717) is 17.6 Å². The van der Waals surface area contributed by atoms with Crippen LogP contribution in [-0.2, 0) is 14.9 Å². The number of carbonyl (C=O) groups excluding carboxylic acids is 1. The lowest BCUT2D eigenvalue weighted by molar-refractivity contribution is -0.113. The van der Waals surface area contributed by atoms with E-state index in [1.807, 2.05) is 0 Å². The first kappa shape index (κ1) is 19.1. The molecule has 0 saturated heterocycles. The van der Waals surface area contributed by atoms with Crippen LogP contribution in [0.4, 0.5) is 0 Å². The summed E-state index contributed by atoms with van der Waals surface area (Å²) in [4.78, 5) is 10.5. The lowest BCUT2D eigenvalue weighted by Gasteiger charge is -2.14. The molecule has 0 fully saturated rings. The van der Waals surface area contributed by atoms with Crippen molar-refractivity contribution in [1.82, 2.24) is 0 Å². The van der Waals surface area contributed by atoms with Crippen molar-refractivity contribution in [2.24, 2.45) is 0 Å². The molecular formula is C17H17ClO6S. The van der Waals surface area contributed by atoms with E-state index in [9.17, 15) is 13.2 Å². The molecule has 0 bridgehead atoms. The molecule has 1 atom stereocenters. The minimum absolute atomic E-state index is 0.0510. The van der Waals surface area contributed by atoms with Crippen LogP contribution in [0.5, 0.6) is 17.2 Å². The highest BCUT2D eigenvalue weighted by atomic mass is 35.5. The number of rotatable bonds is 7. The molecule has 0 N–H and O–H groups in total. The molecule has 0 aliphatic carbocycles. The first-order valence-electron chi connectivity index (χ1n) is 7.27. The molecule has 0 aliphatic rings. The topological polar surface area (TPSA) is 78.9 Å². The quantitative estimate of drug-likeness (QED) is 0.537. The van der Waals surface area contributed by atoms with Crippen molar-refractivity contribution in [3.63, 3.8) is 0 Å². The minimum atomic E-state index is -4.18. The van der Waals surface area contributed by atoms with Gasteiger partial charge in [-0.25, -0.2) is 0 Å². The van der Waals surface area contributed by atoms with Crippen LogP contribution in [0.3, 0.4) is 0 Å². The van der Waals surface area contributed by atoms with Crippen molar-refractivity contribution in [1.29, 1.82) is 0 Å². The molecule has 6 nitrogen and oxygen atoms in total. The van der Waals surface area contributed by atoms with Gasteiger partial charge in [0.2, 0.25) is 0 Å². The molecule has 2 rings (SSSR count). The first-order chi connectivity index (χ1) is 11.7. The SMILES string of the molecule is COc1ccc(Cl)cc1S(=O)(=O)Oc1cc(C)cc(OC(C)C=O)c1. The zero-order chi connectivity index (χ0) is 18.6. The zero-order valence-corrected chi connectivity index (χ0v) is 15.4. The fraction of sp³-hybridized carbons (Fsp3) is 0.235. The second-order valence-corrected chi connectivity index (χ2v) is 7.22. The van der Waals surface area contributed by atoms with Crippen molar-refractivity contribution in [2.75, 3.05) is 7.11 Å². The molecular weight excluding hydrogens is 368 g/mol. The monoisotopic (exact) mass is 384 g/mol. The first-order valence-corrected chi connectivity index (χ1v) is 9.05. The van der Waals surface area contributed by atoms with E-state index in [0.717, 1.165) is 0 Å². The lowest BCUT2D eigenvalue weighted by atomic mass is 10.2. The Hall–Kier alpha value is -2.25. The third-order valence-electron chi connectivity index (χ3n) is 3.14. The number of carbonyl (C=O) groups is 1. The predicted molar refractivity (Wildman–Crippen MR) is 93.2 cm³/mol. The number of aldehydes is 1. The number of methoxy groups -OCH3 is 1. The summed E-state index contributed by atoms with van der Waals surface area (Å²) in [5, 5.41) is 0.232. The predicted octanol–water partition coefficient (Wildman–Crippen LogP) is 3.39. The van der Waals surface area contributed by atoms with Gasteiger partial charge in [-0.1, -0.05) is 11.6 Å². The van der Waals surface area contributed by atoms with Gasteiger partial charge in [-0.05, 0) is 49.7 Å². The van der Waals surface area contributed by atoms with Gasteiger partial charge in [0, 0.05) is 11.1 Å². The summed E-state index contributed by atoms with van der Waals surface area (Å²) < 4.78 is 40.8. The van der Waals surface area contributed by atoms with Crippen molar-refractivity contribution in [3.8, 4) is 17.2 Å². The Morgan fingerprint density at radius 2 is 1.80 bits per heavy atom. The van der Waals surface area contributed by atoms with Crippen LogP contribution in [0.1, 0.15) is 12.5 Å². The van der Waals surface area contributed by atoms with Crippen molar-refractivity contribution >= 4 is 28.0 Å². The van der Waals surface area contributed by atoms with Crippen LogP contribution < -0.4 is 13.7 Å². The summed E-state index contributed by atoms with van der Waals surface area (Å²) >= 11 is 5.88. The summed E-state index contributed by atoms with van der Waals surface area (Å²) in [6, 6.07) is 8.79. The van der Waals surface area contributed by atoms with Gasteiger partial charge in [-0.3, -0.25) is 4.79 Å². The Balaban J connectivity index is 2.38. The van der Waals surface area contributed by atoms with Crippen LogP contribution in [0.2, 0.25) is 5.02 Å². The highest BCUT2D eigenvalue weighted by Gasteiger charge is 2.23. The van der Waals surface area contributed by atoms with E-state index < -0.39 is 16.2 Å². The maximum atomic E-state index is 12.6. The van der Waals surface area contributed by atoms with E-state index in [1.165, 1.54) is 37.4 Å². The van der Waals surface area contributed by atoms with Gasteiger partial charge in [0.05, 0.1) is 7.11 Å². The van der Waals surface area contributed by atoms with Gasteiger partial charge in [0.15, 0.2) is 12.4 Å². The number of ether oxygens (including phenoxy) is 2. The minimum Gasteiger partial charge on any atom is -0.495 e. The third-order valence-corrected chi connectivity index (χ3v) is 4.64.